The van der Waals surface area contributed by atoms with Gasteiger partial charge in [-0.15, -0.1) is 10.2 Å². The fraction of sp³-hybridized carbons (Fsp3) is 0.444. The summed E-state index contributed by atoms with van der Waals surface area (Å²) in [6, 6.07) is 9.47. The van der Waals surface area contributed by atoms with E-state index in [0.29, 0.717) is 5.16 Å². The number of thioether (sulfide) groups is 1. The quantitative estimate of drug-likeness (QED) is 0.634. The van der Waals surface area contributed by atoms with E-state index in [0.717, 1.165) is 18.4 Å². The largest absolute Gasteiger partial charge is 0.353 e. The Hall–Kier alpha value is -2.15. The van der Waals surface area contributed by atoms with Gasteiger partial charge in [-0.3, -0.25) is 14.6 Å². The lowest BCUT2D eigenvalue weighted by Gasteiger charge is -2.15. The van der Waals surface area contributed by atoms with Crippen molar-refractivity contribution in [3.05, 3.63) is 40.7 Å². The molecule has 1 aromatic heterocycles. The molecule has 1 saturated carbocycles. The molecule has 0 atom stereocenters. The highest BCUT2D eigenvalue weighted by Crippen LogP contribution is 2.18. The molecule has 1 fully saturated rings. The Bertz CT molecular complexity index is 755. The van der Waals surface area contributed by atoms with E-state index in [4.69, 9.17) is 0 Å². The zero-order chi connectivity index (χ0) is 17.5. The molecular weight excluding hydrogens is 336 g/mol. The second kappa shape index (κ2) is 8.80. The molecule has 2 N–H and O–H groups in total. The summed E-state index contributed by atoms with van der Waals surface area (Å²) in [6.45, 7) is 0. The topological polar surface area (TPSA) is 87.7 Å². The minimum Gasteiger partial charge on any atom is -0.353 e. The molecule has 0 spiro atoms. The number of hydrogen-bond acceptors (Lipinski definition) is 5. The number of nitrogens with zero attached hydrogens (tertiary/aromatic N) is 2. The van der Waals surface area contributed by atoms with Gasteiger partial charge in [0.2, 0.25) is 5.91 Å². The van der Waals surface area contributed by atoms with E-state index in [1.165, 1.54) is 37.4 Å². The molecule has 3 rings (SSSR count). The maximum atomic E-state index is 12.2. The SMILES string of the molecule is O=C(CSc1nnc(-c2ccccc2)c(=O)[nH]1)NC1CCCCCC1. The predicted octanol–water partition coefficient (Wildman–Crippen LogP) is 2.76. The Morgan fingerprint density at radius 3 is 2.52 bits per heavy atom. The van der Waals surface area contributed by atoms with Crippen LogP contribution in [0, 0.1) is 0 Å². The van der Waals surface area contributed by atoms with Gasteiger partial charge in [0, 0.05) is 11.6 Å². The molecule has 25 heavy (non-hydrogen) atoms. The lowest BCUT2D eigenvalue weighted by Crippen LogP contribution is -2.35. The predicted molar refractivity (Wildman–Crippen MR) is 98.4 cm³/mol. The standard InChI is InChI=1S/C18H22N4O2S/c23-15(19-14-10-6-1-2-7-11-14)12-25-18-20-17(24)16(21-22-18)13-8-4-3-5-9-13/h3-5,8-9,14H,1-2,6-7,10-12H2,(H,19,23)(H,20,22,24). The zero-order valence-corrected chi connectivity index (χ0v) is 14.8. The summed E-state index contributed by atoms with van der Waals surface area (Å²) in [5, 5.41) is 11.5. The van der Waals surface area contributed by atoms with Crippen LogP contribution in [0.2, 0.25) is 0 Å². The number of nitrogens with one attached hydrogen (secondary N) is 2. The highest BCUT2D eigenvalue weighted by atomic mass is 32.2. The molecule has 2 aromatic rings. The van der Waals surface area contributed by atoms with Crippen molar-refractivity contribution in [1.29, 1.82) is 0 Å². The summed E-state index contributed by atoms with van der Waals surface area (Å²) in [5.74, 6) is 0.206. The van der Waals surface area contributed by atoms with Crippen LogP contribution in [-0.2, 0) is 4.79 Å². The van der Waals surface area contributed by atoms with Crippen molar-refractivity contribution in [3.63, 3.8) is 0 Å². The highest BCUT2D eigenvalue weighted by molar-refractivity contribution is 7.99. The molecule has 1 amide bonds. The Morgan fingerprint density at radius 1 is 1.12 bits per heavy atom. The van der Waals surface area contributed by atoms with Crippen molar-refractivity contribution < 1.29 is 4.79 Å². The van der Waals surface area contributed by atoms with Gasteiger partial charge in [0.05, 0.1) is 5.75 Å². The van der Waals surface area contributed by atoms with Crippen LogP contribution in [0.5, 0.6) is 0 Å². The number of carbonyl (C=O) groups is 1. The second-order valence-corrected chi connectivity index (χ2v) is 7.18. The third-order valence-electron chi connectivity index (χ3n) is 4.28. The van der Waals surface area contributed by atoms with E-state index in [2.05, 4.69) is 20.5 Å². The van der Waals surface area contributed by atoms with Crippen LogP contribution >= 0.6 is 11.8 Å². The first kappa shape index (κ1) is 17.7. The zero-order valence-electron chi connectivity index (χ0n) is 14.0. The second-order valence-electron chi connectivity index (χ2n) is 6.22. The van der Waals surface area contributed by atoms with Crippen molar-refractivity contribution in [2.24, 2.45) is 0 Å². The van der Waals surface area contributed by atoms with Crippen molar-refractivity contribution >= 4 is 17.7 Å². The molecule has 0 aliphatic heterocycles. The first-order valence-electron chi connectivity index (χ1n) is 8.67. The summed E-state index contributed by atoms with van der Waals surface area (Å²) < 4.78 is 0. The molecular formula is C18H22N4O2S. The van der Waals surface area contributed by atoms with Crippen molar-refractivity contribution in [1.82, 2.24) is 20.5 Å². The normalized spacial score (nSPS) is 15.5. The van der Waals surface area contributed by atoms with Crippen LogP contribution in [-0.4, -0.2) is 32.9 Å². The molecule has 0 saturated heterocycles. The summed E-state index contributed by atoms with van der Waals surface area (Å²) in [7, 11) is 0. The number of rotatable bonds is 5. The van der Waals surface area contributed by atoms with Gasteiger partial charge in [-0.25, -0.2) is 0 Å². The van der Waals surface area contributed by atoms with E-state index in [9.17, 15) is 9.59 Å². The molecule has 132 valence electrons. The number of aromatic amines is 1. The van der Waals surface area contributed by atoms with Gasteiger partial charge in [0.25, 0.3) is 5.56 Å². The summed E-state index contributed by atoms with van der Waals surface area (Å²) in [5.41, 5.74) is 0.708. The summed E-state index contributed by atoms with van der Waals surface area (Å²) in [4.78, 5) is 27.0. The number of benzene rings is 1. The number of hydrogen-bond donors (Lipinski definition) is 2. The molecule has 6 nitrogen and oxygen atoms in total. The third-order valence-corrected chi connectivity index (χ3v) is 5.15. The average molecular weight is 358 g/mol. The van der Waals surface area contributed by atoms with Crippen molar-refractivity contribution in [3.8, 4) is 11.3 Å². The summed E-state index contributed by atoms with van der Waals surface area (Å²) in [6.07, 6.45) is 6.98. The number of carbonyl (C=O) groups excluding carboxylic acids is 1. The molecule has 1 aliphatic carbocycles. The van der Waals surface area contributed by atoms with Gasteiger partial charge in [-0.2, -0.15) is 0 Å². The smallest absolute Gasteiger partial charge is 0.278 e. The molecule has 1 aliphatic rings. The average Bonchev–Trinajstić information content (AvgIpc) is 2.89. The fourth-order valence-electron chi connectivity index (χ4n) is 3.00. The molecule has 0 unspecified atom stereocenters. The van der Waals surface area contributed by atoms with Crippen LogP contribution in [0.3, 0.4) is 0 Å². The molecule has 0 radical (unpaired) electrons. The highest BCUT2D eigenvalue weighted by Gasteiger charge is 2.15. The van der Waals surface area contributed by atoms with Crippen molar-refractivity contribution in [2.45, 2.75) is 49.7 Å². The van der Waals surface area contributed by atoms with Gasteiger partial charge in [0.15, 0.2) is 10.9 Å². The van der Waals surface area contributed by atoms with Gasteiger partial charge in [0.1, 0.15) is 0 Å². The van der Waals surface area contributed by atoms with Gasteiger partial charge < -0.3 is 5.32 Å². The van der Waals surface area contributed by atoms with Crippen molar-refractivity contribution in [2.75, 3.05) is 5.75 Å². The van der Waals surface area contributed by atoms with Crippen LogP contribution in [0.25, 0.3) is 11.3 Å². The van der Waals surface area contributed by atoms with E-state index in [1.54, 1.807) is 0 Å². The summed E-state index contributed by atoms with van der Waals surface area (Å²) >= 11 is 1.20. The molecule has 1 heterocycles. The fourth-order valence-corrected chi connectivity index (χ4v) is 3.61. The van der Waals surface area contributed by atoms with Gasteiger partial charge >= 0.3 is 0 Å². The lowest BCUT2D eigenvalue weighted by atomic mass is 10.1. The lowest BCUT2D eigenvalue weighted by molar-refractivity contribution is -0.119. The maximum Gasteiger partial charge on any atom is 0.278 e. The Balaban J connectivity index is 1.55. The van der Waals surface area contributed by atoms with Crippen LogP contribution in [0.15, 0.2) is 40.3 Å². The Kier molecular flexibility index (Phi) is 6.22. The monoisotopic (exact) mass is 358 g/mol. The van der Waals surface area contributed by atoms with E-state index < -0.39 is 0 Å². The minimum atomic E-state index is -0.298. The van der Waals surface area contributed by atoms with Crippen LogP contribution in [0.1, 0.15) is 38.5 Å². The third kappa shape index (κ3) is 5.16. The number of H-pyrrole nitrogens is 1. The Morgan fingerprint density at radius 2 is 1.84 bits per heavy atom. The first-order valence-corrected chi connectivity index (χ1v) is 9.65. The van der Waals surface area contributed by atoms with Crippen LogP contribution in [0.4, 0.5) is 0 Å². The molecule has 0 bridgehead atoms. The Labute approximate surface area is 150 Å². The van der Waals surface area contributed by atoms with E-state index in [-0.39, 0.29) is 29.0 Å². The number of amides is 1. The van der Waals surface area contributed by atoms with Gasteiger partial charge in [-0.05, 0) is 12.8 Å². The van der Waals surface area contributed by atoms with Crippen LogP contribution < -0.4 is 10.9 Å². The first-order chi connectivity index (χ1) is 12.2. The van der Waals surface area contributed by atoms with Gasteiger partial charge in [-0.1, -0.05) is 67.8 Å². The molecule has 1 aromatic carbocycles. The number of aromatic nitrogens is 3. The van der Waals surface area contributed by atoms with E-state index >= 15 is 0 Å². The maximum absolute atomic E-state index is 12.2. The van der Waals surface area contributed by atoms with E-state index in [1.807, 2.05) is 30.3 Å². The minimum absolute atomic E-state index is 0.0216. The molecule has 7 heteroatoms.